The molecule has 0 atom stereocenters. The van der Waals surface area contributed by atoms with E-state index in [2.05, 4.69) is 15.0 Å². The van der Waals surface area contributed by atoms with E-state index in [-0.39, 0.29) is 0 Å². The Kier molecular flexibility index (Phi) is 1.25. The monoisotopic (exact) mass is 186 g/mol. The topological polar surface area (TPSA) is 71.5 Å². The molecular formula is C9H8N5+. The number of aromatic nitrogens is 4. The molecule has 0 amide bonds. The van der Waals surface area contributed by atoms with Crippen LogP contribution in [0.15, 0.2) is 30.9 Å². The van der Waals surface area contributed by atoms with Crippen molar-refractivity contribution in [2.45, 2.75) is 0 Å². The van der Waals surface area contributed by atoms with E-state index in [4.69, 9.17) is 5.84 Å². The van der Waals surface area contributed by atoms with E-state index in [0.717, 1.165) is 22.1 Å². The number of pyridine rings is 2. The van der Waals surface area contributed by atoms with Crippen LogP contribution >= 0.6 is 0 Å². The molecular weight excluding hydrogens is 178 g/mol. The van der Waals surface area contributed by atoms with Crippen molar-refractivity contribution < 1.29 is 4.68 Å². The van der Waals surface area contributed by atoms with Crippen LogP contribution in [0, 0.1) is 0 Å². The maximum absolute atomic E-state index is 5.73. The largest absolute Gasteiger partial charge is 0.355 e. The minimum Gasteiger partial charge on any atom is -0.341 e. The van der Waals surface area contributed by atoms with Crippen molar-refractivity contribution in [3.8, 4) is 0 Å². The Bertz CT molecular complexity index is 613. The zero-order valence-electron chi connectivity index (χ0n) is 7.31. The Labute approximate surface area is 79.2 Å². The van der Waals surface area contributed by atoms with Crippen LogP contribution in [0.2, 0.25) is 0 Å². The minimum atomic E-state index is 0.729. The van der Waals surface area contributed by atoms with Crippen LogP contribution in [0.3, 0.4) is 0 Å². The molecule has 3 aromatic heterocycles. The first-order chi connectivity index (χ1) is 6.86. The van der Waals surface area contributed by atoms with Crippen LogP contribution in [0.4, 0.5) is 0 Å². The van der Waals surface area contributed by atoms with E-state index in [1.54, 1.807) is 18.7 Å². The van der Waals surface area contributed by atoms with E-state index in [1.807, 2.05) is 12.1 Å². The molecule has 0 bridgehead atoms. The fourth-order valence-electron chi connectivity index (χ4n) is 1.58. The lowest BCUT2D eigenvalue weighted by molar-refractivity contribution is -0.613. The second-order valence-corrected chi connectivity index (χ2v) is 3.08. The van der Waals surface area contributed by atoms with Gasteiger partial charge in [0.05, 0.1) is 11.7 Å². The van der Waals surface area contributed by atoms with Gasteiger partial charge in [0.25, 0.3) is 0 Å². The zero-order chi connectivity index (χ0) is 9.54. The molecule has 0 aliphatic rings. The number of hydrogen-bond donors (Lipinski definition) is 2. The van der Waals surface area contributed by atoms with Crippen molar-refractivity contribution in [2.24, 2.45) is 0 Å². The lowest BCUT2D eigenvalue weighted by atomic mass is 10.2. The summed E-state index contributed by atoms with van der Waals surface area (Å²) in [6, 6.07) is 3.83. The summed E-state index contributed by atoms with van der Waals surface area (Å²) in [4.78, 5) is 11.5. The second-order valence-electron chi connectivity index (χ2n) is 3.08. The highest BCUT2D eigenvalue weighted by atomic mass is 15.3. The molecule has 0 radical (unpaired) electrons. The van der Waals surface area contributed by atoms with Crippen molar-refractivity contribution in [3.63, 3.8) is 0 Å². The molecule has 0 unspecified atom stereocenters. The van der Waals surface area contributed by atoms with Gasteiger partial charge in [-0.3, -0.25) is 5.84 Å². The molecule has 14 heavy (non-hydrogen) atoms. The van der Waals surface area contributed by atoms with Gasteiger partial charge in [-0.05, 0) is 17.1 Å². The molecule has 3 N–H and O–H groups in total. The number of nitrogens with one attached hydrogen (secondary N) is 1. The molecule has 3 heterocycles. The molecule has 5 heteroatoms. The highest BCUT2D eigenvalue weighted by molar-refractivity contribution is 5.98. The molecule has 5 nitrogen and oxygen atoms in total. The van der Waals surface area contributed by atoms with Crippen molar-refractivity contribution in [2.75, 3.05) is 5.84 Å². The van der Waals surface area contributed by atoms with Crippen molar-refractivity contribution in [3.05, 3.63) is 30.9 Å². The third kappa shape index (κ3) is 0.806. The smallest absolute Gasteiger partial charge is 0.341 e. The summed E-state index contributed by atoms with van der Waals surface area (Å²) in [6.45, 7) is 0. The number of nitrogens with two attached hydrogens (primary N) is 1. The average molecular weight is 186 g/mol. The summed E-state index contributed by atoms with van der Waals surface area (Å²) in [7, 11) is 0. The van der Waals surface area contributed by atoms with Gasteiger partial charge in [0.2, 0.25) is 0 Å². The van der Waals surface area contributed by atoms with Crippen molar-refractivity contribution in [1.82, 2.24) is 15.0 Å². The minimum absolute atomic E-state index is 0.729. The van der Waals surface area contributed by atoms with Crippen LogP contribution in [0.1, 0.15) is 0 Å². The summed E-state index contributed by atoms with van der Waals surface area (Å²) in [5.74, 6) is 5.73. The molecule has 0 aliphatic carbocycles. The van der Waals surface area contributed by atoms with E-state index in [0.29, 0.717) is 0 Å². The van der Waals surface area contributed by atoms with Gasteiger partial charge in [0.1, 0.15) is 17.2 Å². The lowest BCUT2D eigenvalue weighted by Crippen LogP contribution is -2.45. The number of aromatic amines is 1. The Hall–Kier alpha value is -2.17. The average Bonchev–Trinajstić information content (AvgIpc) is 2.66. The van der Waals surface area contributed by atoms with Crippen LogP contribution in [0.5, 0.6) is 0 Å². The van der Waals surface area contributed by atoms with Crippen LogP contribution < -0.4 is 10.5 Å². The van der Waals surface area contributed by atoms with Crippen LogP contribution in [-0.2, 0) is 0 Å². The van der Waals surface area contributed by atoms with Crippen molar-refractivity contribution >= 4 is 22.1 Å². The van der Waals surface area contributed by atoms with Gasteiger partial charge in [-0.25, -0.2) is 4.98 Å². The molecule has 3 rings (SSSR count). The first-order valence-corrected chi connectivity index (χ1v) is 4.24. The Balaban J connectivity index is 2.64. The van der Waals surface area contributed by atoms with Gasteiger partial charge in [-0.1, -0.05) is 0 Å². The standard InChI is InChI=1S/C9H7N5/c10-14-3-1-2-6-8-7(12-5-13-8)4-11-9(6)14/h1-5H,10H2/p+1. The van der Waals surface area contributed by atoms with Gasteiger partial charge < -0.3 is 4.98 Å². The zero-order valence-corrected chi connectivity index (χ0v) is 7.31. The first kappa shape index (κ1) is 7.25. The maximum atomic E-state index is 5.73. The van der Waals surface area contributed by atoms with Crippen LogP contribution in [-0.4, -0.2) is 15.0 Å². The second kappa shape index (κ2) is 2.41. The summed E-state index contributed by atoms with van der Waals surface area (Å²) in [5, 5.41) is 0.953. The van der Waals surface area contributed by atoms with Gasteiger partial charge in [0, 0.05) is 0 Å². The van der Waals surface area contributed by atoms with Gasteiger partial charge in [0.15, 0.2) is 6.20 Å². The van der Waals surface area contributed by atoms with Crippen LogP contribution in [0.25, 0.3) is 22.1 Å². The lowest BCUT2D eigenvalue weighted by Gasteiger charge is -1.94. The Morgan fingerprint density at radius 2 is 2.29 bits per heavy atom. The normalized spacial score (nSPS) is 11.1. The quantitative estimate of drug-likeness (QED) is 0.386. The third-order valence-electron chi connectivity index (χ3n) is 2.23. The number of H-pyrrole nitrogens is 1. The number of hydrogen-bond acceptors (Lipinski definition) is 3. The number of nitrogen functional groups attached to an aromatic ring is 1. The number of fused-ring (bicyclic) bond motifs is 3. The first-order valence-electron chi connectivity index (χ1n) is 4.24. The van der Waals surface area contributed by atoms with E-state index in [1.165, 1.54) is 4.68 Å². The third-order valence-corrected chi connectivity index (χ3v) is 2.23. The Morgan fingerprint density at radius 3 is 3.21 bits per heavy atom. The Morgan fingerprint density at radius 1 is 1.36 bits per heavy atom. The molecule has 0 spiro atoms. The summed E-state index contributed by atoms with van der Waals surface area (Å²) in [6.07, 6.45) is 5.14. The van der Waals surface area contributed by atoms with Crippen molar-refractivity contribution in [1.29, 1.82) is 0 Å². The maximum Gasteiger partial charge on any atom is 0.355 e. The number of nitrogens with zero attached hydrogens (tertiary/aromatic N) is 3. The molecule has 0 aliphatic heterocycles. The highest BCUT2D eigenvalue weighted by Gasteiger charge is 2.12. The van der Waals surface area contributed by atoms with E-state index in [9.17, 15) is 0 Å². The number of imidazole rings is 1. The van der Waals surface area contributed by atoms with Gasteiger partial charge in [-0.15, -0.1) is 4.68 Å². The SMILES string of the molecule is N[n+]1cccc2c3nc[nH]c3cnc21. The molecule has 0 saturated carbocycles. The summed E-state index contributed by atoms with van der Waals surface area (Å²) >= 11 is 0. The summed E-state index contributed by atoms with van der Waals surface area (Å²) in [5.41, 5.74) is 2.55. The predicted molar refractivity (Wildman–Crippen MR) is 51.7 cm³/mol. The van der Waals surface area contributed by atoms with E-state index >= 15 is 0 Å². The summed E-state index contributed by atoms with van der Waals surface area (Å²) < 4.78 is 1.49. The predicted octanol–water partition coefficient (Wildman–Crippen LogP) is 0.112. The molecule has 0 aromatic carbocycles. The molecule has 0 saturated heterocycles. The van der Waals surface area contributed by atoms with Gasteiger partial charge in [-0.2, -0.15) is 0 Å². The van der Waals surface area contributed by atoms with Gasteiger partial charge >= 0.3 is 5.65 Å². The number of rotatable bonds is 0. The fourth-order valence-corrected chi connectivity index (χ4v) is 1.58. The molecule has 0 fully saturated rings. The van der Waals surface area contributed by atoms with E-state index < -0.39 is 0 Å². The molecule has 3 aromatic rings. The molecule has 68 valence electrons. The fraction of sp³-hybridized carbons (Fsp3) is 0. The highest BCUT2D eigenvalue weighted by Crippen LogP contribution is 2.16.